The largest absolute Gasteiger partial charge is 0.289 e. The first-order chi connectivity index (χ1) is 34.1. The fraction of sp³-hybridized carbons (Fsp3) is 0.523. The van der Waals surface area contributed by atoms with Crippen molar-refractivity contribution in [1.82, 2.24) is 0 Å². The van der Waals surface area contributed by atoms with Gasteiger partial charge >= 0.3 is 0 Å². The topological polar surface area (TPSA) is 17.1 Å². The van der Waals surface area contributed by atoms with Crippen LogP contribution in [0.5, 0.6) is 0 Å². The molecule has 1 nitrogen and oxygen atoms in total. The average molecular weight is 1200 g/mol. The lowest BCUT2D eigenvalue weighted by molar-refractivity contribution is 0.103. The number of hydrogen-bond acceptors (Lipinski definition) is 1. The smallest absolute Gasteiger partial charge is 0.193 e. The fourth-order valence-corrected chi connectivity index (χ4v) is 13.2. The van der Waals surface area contributed by atoms with Gasteiger partial charge in [0.15, 0.2) is 5.78 Å². The molecular weight excluding hydrogens is 1120 g/mol. The highest BCUT2D eigenvalue weighted by Crippen LogP contribution is 2.61. The number of halogens is 4. The molecule has 2 aliphatic rings. The fourth-order valence-electron chi connectivity index (χ4n) is 11.9. The van der Waals surface area contributed by atoms with Crippen LogP contribution in [0, 0.1) is 0 Å². The van der Waals surface area contributed by atoms with E-state index in [-0.39, 0.29) is 16.6 Å². The zero-order valence-corrected chi connectivity index (χ0v) is 49.8. The van der Waals surface area contributed by atoms with Crippen molar-refractivity contribution in [2.45, 2.75) is 218 Å². The molecule has 0 fully saturated rings. The Balaban J connectivity index is 0.000000422. The molecule has 70 heavy (non-hydrogen) atoms. The number of unbranched alkanes of at least 4 members (excludes halogenated alkanes) is 20. The van der Waals surface area contributed by atoms with Gasteiger partial charge in [0.2, 0.25) is 0 Å². The van der Waals surface area contributed by atoms with E-state index in [4.69, 9.17) is 0 Å². The van der Waals surface area contributed by atoms with Crippen molar-refractivity contribution in [1.29, 1.82) is 0 Å². The second-order valence-electron chi connectivity index (χ2n) is 20.9. The van der Waals surface area contributed by atoms with E-state index in [9.17, 15) is 4.79 Å². The standard InChI is InChI=1S/C52H76Br2.C13H8Br2O/c1-5-9-13-17-21-25-33-51(34-26-22-18-14-10-6-2)47-37-41(53)29-31-43(47)45-40-50-46(39-49(45)51)44-32-30-42(54)38-48(44)52(50,35-27-23-19-15-11-7-3)36-28-24-20-16-12-8-4;14-11-5-1-9(2-6-11)13(16)10-3-7-12(15)8-4-10/h29-32,37-40H,5-28,33-36H2,1-4H3;1-8H. The van der Waals surface area contributed by atoms with Gasteiger partial charge in [-0.3, -0.25) is 4.79 Å². The highest BCUT2D eigenvalue weighted by Gasteiger charge is 2.48. The van der Waals surface area contributed by atoms with Crippen molar-refractivity contribution in [3.63, 3.8) is 0 Å². The van der Waals surface area contributed by atoms with Gasteiger partial charge in [0, 0.05) is 39.8 Å². The van der Waals surface area contributed by atoms with Crippen LogP contribution in [0.2, 0.25) is 0 Å². The van der Waals surface area contributed by atoms with E-state index in [2.05, 4.69) is 140 Å². The number of hydrogen-bond donors (Lipinski definition) is 0. The summed E-state index contributed by atoms with van der Waals surface area (Å²) in [5.41, 5.74) is 14.3. The van der Waals surface area contributed by atoms with Crippen LogP contribution >= 0.6 is 63.7 Å². The number of rotatable bonds is 30. The predicted molar refractivity (Wildman–Crippen MR) is 318 cm³/mol. The van der Waals surface area contributed by atoms with E-state index in [0.29, 0.717) is 11.1 Å². The van der Waals surface area contributed by atoms with Crippen molar-refractivity contribution in [3.8, 4) is 22.3 Å². The van der Waals surface area contributed by atoms with Crippen molar-refractivity contribution >= 4 is 69.5 Å². The summed E-state index contributed by atoms with van der Waals surface area (Å²) in [6.45, 7) is 9.35. The van der Waals surface area contributed by atoms with E-state index >= 15 is 0 Å². The lowest BCUT2D eigenvalue weighted by Crippen LogP contribution is -2.27. The molecule has 0 spiro atoms. The summed E-state index contributed by atoms with van der Waals surface area (Å²) >= 11 is 14.6. The molecule has 0 N–H and O–H groups in total. The number of carbonyl (C=O) groups excluding carboxylic acids is 1. The maximum Gasteiger partial charge on any atom is 0.193 e. The minimum atomic E-state index is 0.0417. The Morgan fingerprint density at radius 3 is 0.871 bits per heavy atom. The van der Waals surface area contributed by atoms with E-state index in [1.807, 2.05) is 48.5 Å². The molecule has 0 bridgehead atoms. The molecule has 0 aromatic heterocycles. The predicted octanol–water partition coefficient (Wildman–Crippen LogP) is 23.2. The van der Waals surface area contributed by atoms with Crippen LogP contribution in [0.4, 0.5) is 0 Å². The van der Waals surface area contributed by atoms with Gasteiger partial charge in [0.25, 0.3) is 0 Å². The first kappa shape index (κ1) is 57.0. The van der Waals surface area contributed by atoms with Gasteiger partial charge in [-0.15, -0.1) is 0 Å². The summed E-state index contributed by atoms with van der Waals surface area (Å²) in [7, 11) is 0. The zero-order valence-electron chi connectivity index (χ0n) is 43.5. The lowest BCUT2D eigenvalue weighted by Gasteiger charge is -2.35. The van der Waals surface area contributed by atoms with Crippen LogP contribution in [-0.2, 0) is 10.8 Å². The molecule has 0 saturated heterocycles. The summed E-state index contributed by atoms with van der Waals surface area (Å²) < 4.78 is 4.43. The second kappa shape index (κ2) is 29.5. The number of carbonyl (C=O) groups is 1. The monoisotopic (exact) mass is 1200 g/mol. The molecule has 0 heterocycles. The molecule has 5 heteroatoms. The molecule has 5 aromatic rings. The van der Waals surface area contributed by atoms with Crippen LogP contribution in [-0.4, -0.2) is 5.78 Å². The molecule has 0 unspecified atom stereocenters. The zero-order chi connectivity index (χ0) is 49.8. The molecule has 0 radical (unpaired) electrons. The summed E-state index contributed by atoms with van der Waals surface area (Å²) in [6.07, 6.45) is 37.7. The Morgan fingerprint density at radius 2 is 0.571 bits per heavy atom. The van der Waals surface area contributed by atoms with Crippen molar-refractivity contribution in [2.75, 3.05) is 0 Å². The molecule has 5 aromatic carbocycles. The van der Waals surface area contributed by atoms with Crippen molar-refractivity contribution in [2.24, 2.45) is 0 Å². The summed E-state index contributed by atoms with van der Waals surface area (Å²) in [4.78, 5) is 12.0. The summed E-state index contributed by atoms with van der Waals surface area (Å²) in [6, 6.07) is 35.0. The van der Waals surface area contributed by atoms with E-state index in [0.717, 1.165) is 8.95 Å². The summed E-state index contributed by atoms with van der Waals surface area (Å²) in [5, 5.41) is 0. The molecule has 0 atom stereocenters. The second-order valence-corrected chi connectivity index (χ2v) is 24.6. The third-order valence-corrected chi connectivity index (χ3v) is 17.8. The van der Waals surface area contributed by atoms with Crippen LogP contribution < -0.4 is 0 Å². The molecule has 378 valence electrons. The Morgan fingerprint density at radius 1 is 0.314 bits per heavy atom. The Bertz CT molecular complexity index is 2160. The highest BCUT2D eigenvalue weighted by molar-refractivity contribution is 9.11. The Kier molecular flexibility index (Phi) is 24.0. The summed E-state index contributed by atoms with van der Waals surface area (Å²) in [5.74, 6) is 0.0417. The molecule has 2 aliphatic carbocycles. The maximum atomic E-state index is 12.0. The third kappa shape index (κ3) is 14.9. The normalized spacial score (nSPS) is 13.6. The number of ketones is 1. The quantitative estimate of drug-likeness (QED) is 0.0331. The number of fused-ring (bicyclic) bond motifs is 6. The molecule has 0 saturated carbocycles. The minimum absolute atomic E-state index is 0.0417. The molecule has 0 aliphatic heterocycles. The van der Waals surface area contributed by atoms with Gasteiger partial charge in [0.1, 0.15) is 0 Å². The lowest BCUT2D eigenvalue weighted by atomic mass is 9.68. The van der Waals surface area contributed by atoms with Crippen molar-refractivity contribution in [3.05, 3.63) is 148 Å². The van der Waals surface area contributed by atoms with Gasteiger partial charge in [-0.2, -0.15) is 0 Å². The highest BCUT2D eigenvalue weighted by atomic mass is 79.9. The van der Waals surface area contributed by atoms with Crippen LogP contribution in [0.25, 0.3) is 22.3 Å². The minimum Gasteiger partial charge on any atom is -0.289 e. The maximum absolute atomic E-state index is 12.0. The molecular formula is C65H84Br4O. The molecule has 0 amide bonds. The Labute approximate surface area is 459 Å². The Hall–Kier alpha value is -2.31. The average Bonchev–Trinajstić information content (AvgIpc) is 3.77. The SMILES string of the molecule is CCCCCCCCC1(CCCCCCCC)c2cc(Br)ccc2-c2cc3c(cc21)-c1ccc(Br)cc1C3(CCCCCCCC)CCCCCCCC.O=C(c1ccc(Br)cc1)c1ccc(Br)cc1. The van der Waals surface area contributed by atoms with Gasteiger partial charge in [-0.25, -0.2) is 0 Å². The van der Waals surface area contributed by atoms with Gasteiger partial charge in [-0.05, 0) is 155 Å². The van der Waals surface area contributed by atoms with Crippen LogP contribution in [0.1, 0.15) is 246 Å². The third-order valence-electron chi connectivity index (χ3n) is 15.8. The van der Waals surface area contributed by atoms with Crippen LogP contribution in [0.15, 0.2) is 115 Å². The first-order valence-corrected chi connectivity index (χ1v) is 31.1. The van der Waals surface area contributed by atoms with Crippen LogP contribution in [0.3, 0.4) is 0 Å². The van der Waals surface area contributed by atoms with Gasteiger partial charge in [-0.1, -0.05) is 258 Å². The van der Waals surface area contributed by atoms with Gasteiger partial charge < -0.3 is 0 Å². The van der Waals surface area contributed by atoms with Crippen molar-refractivity contribution < 1.29 is 4.79 Å². The van der Waals surface area contributed by atoms with E-state index in [1.165, 1.54) is 200 Å². The molecule has 7 rings (SSSR count). The van der Waals surface area contributed by atoms with E-state index in [1.54, 1.807) is 33.4 Å². The van der Waals surface area contributed by atoms with E-state index < -0.39 is 0 Å². The number of benzene rings is 5. The first-order valence-electron chi connectivity index (χ1n) is 28.0. The van der Waals surface area contributed by atoms with Gasteiger partial charge in [0.05, 0.1) is 0 Å².